The second-order valence-electron chi connectivity index (χ2n) is 8.03. The molecule has 1 saturated heterocycles. The molecule has 162 valence electrons. The summed E-state index contributed by atoms with van der Waals surface area (Å²) >= 11 is 6.24. The van der Waals surface area contributed by atoms with Crippen molar-refractivity contribution in [3.8, 4) is 0 Å². The van der Waals surface area contributed by atoms with Gasteiger partial charge < -0.3 is 10.2 Å². The molecular weight excluding hydrogens is 414 g/mol. The third-order valence-electron chi connectivity index (χ3n) is 5.09. The highest BCUT2D eigenvalue weighted by molar-refractivity contribution is 7.90. The van der Waals surface area contributed by atoms with E-state index in [0.717, 1.165) is 17.5 Å². The lowest BCUT2D eigenvalue weighted by molar-refractivity contribution is -0.130. The van der Waals surface area contributed by atoms with E-state index in [1.807, 2.05) is 27.7 Å². The molecule has 1 heterocycles. The number of rotatable bonds is 5. The van der Waals surface area contributed by atoms with Gasteiger partial charge in [0.1, 0.15) is 0 Å². The minimum Gasteiger partial charge on any atom is -0.324 e. The van der Waals surface area contributed by atoms with Gasteiger partial charge in [0.15, 0.2) is 5.37 Å². The van der Waals surface area contributed by atoms with Gasteiger partial charge in [0, 0.05) is 24.2 Å². The molecule has 1 atom stereocenters. The number of halogens is 1. The number of hydrogen-bond donors (Lipinski definition) is 2. The van der Waals surface area contributed by atoms with Crippen LogP contribution >= 0.6 is 11.6 Å². The Hall–Kier alpha value is -1.80. The lowest BCUT2D eigenvalue weighted by Crippen LogP contribution is -2.52. The van der Waals surface area contributed by atoms with E-state index in [1.165, 1.54) is 11.8 Å². The number of anilines is 1. The van der Waals surface area contributed by atoms with Crippen LogP contribution in [0.1, 0.15) is 76.8 Å². The van der Waals surface area contributed by atoms with E-state index in [0.29, 0.717) is 30.1 Å². The molecule has 0 bridgehead atoms. The van der Waals surface area contributed by atoms with Gasteiger partial charge in [0.05, 0.1) is 0 Å². The fourth-order valence-electron chi connectivity index (χ4n) is 3.62. The molecule has 1 unspecified atom stereocenters. The van der Waals surface area contributed by atoms with Crippen LogP contribution in [0.5, 0.6) is 0 Å². The van der Waals surface area contributed by atoms with Gasteiger partial charge in [0.2, 0.25) is 5.91 Å². The molecule has 0 radical (unpaired) electrons. The SMILES string of the molecule is CC(=O)N1CCCCC1S(=O)(=O)NC(=O)Nc1c(C(C)C)cc(Cl)cc1C(C)C. The fraction of sp³-hybridized carbons (Fsp3) is 0.600. The highest BCUT2D eigenvalue weighted by Crippen LogP contribution is 2.35. The van der Waals surface area contributed by atoms with Crippen molar-refractivity contribution in [1.82, 2.24) is 9.62 Å². The number of hydrogen-bond acceptors (Lipinski definition) is 4. The molecule has 2 rings (SSSR count). The summed E-state index contributed by atoms with van der Waals surface area (Å²) in [5, 5.41) is 2.24. The lowest BCUT2D eigenvalue weighted by atomic mass is 9.92. The van der Waals surface area contributed by atoms with Crippen LogP contribution in [0.15, 0.2) is 12.1 Å². The number of carbonyl (C=O) groups excluding carboxylic acids is 2. The van der Waals surface area contributed by atoms with Crippen molar-refractivity contribution in [2.24, 2.45) is 0 Å². The minimum absolute atomic E-state index is 0.0738. The zero-order chi connectivity index (χ0) is 21.9. The zero-order valence-corrected chi connectivity index (χ0v) is 19.2. The van der Waals surface area contributed by atoms with Gasteiger partial charge in [0.25, 0.3) is 10.0 Å². The summed E-state index contributed by atoms with van der Waals surface area (Å²) in [6.07, 6.45) is 1.73. The summed E-state index contributed by atoms with van der Waals surface area (Å²) in [5.41, 5.74) is 2.23. The summed E-state index contributed by atoms with van der Waals surface area (Å²) in [6, 6.07) is 2.71. The van der Waals surface area contributed by atoms with E-state index >= 15 is 0 Å². The highest BCUT2D eigenvalue weighted by Gasteiger charge is 2.36. The Morgan fingerprint density at radius 3 is 2.14 bits per heavy atom. The van der Waals surface area contributed by atoms with E-state index in [2.05, 4.69) is 10.0 Å². The van der Waals surface area contributed by atoms with Crippen LogP contribution in [0.4, 0.5) is 10.5 Å². The Labute approximate surface area is 178 Å². The van der Waals surface area contributed by atoms with Crippen LogP contribution in [-0.2, 0) is 14.8 Å². The number of nitrogens with one attached hydrogen (secondary N) is 2. The monoisotopic (exact) mass is 443 g/mol. The Balaban J connectivity index is 2.30. The Kier molecular flexibility index (Phi) is 7.56. The van der Waals surface area contributed by atoms with Crippen molar-refractivity contribution in [1.29, 1.82) is 0 Å². The maximum atomic E-state index is 12.8. The molecule has 0 aromatic heterocycles. The number of amides is 3. The van der Waals surface area contributed by atoms with E-state index in [9.17, 15) is 18.0 Å². The molecule has 1 aliphatic heterocycles. The van der Waals surface area contributed by atoms with E-state index < -0.39 is 21.4 Å². The molecular formula is C20H30ClN3O4S. The summed E-state index contributed by atoms with van der Waals surface area (Å²) in [5.74, 6) is -0.170. The van der Waals surface area contributed by atoms with Crippen LogP contribution < -0.4 is 10.0 Å². The molecule has 0 aliphatic carbocycles. The van der Waals surface area contributed by atoms with Crippen molar-refractivity contribution in [2.75, 3.05) is 11.9 Å². The van der Waals surface area contributed by atoms with Crippen LogP contribution in [0.3, 0.4) is 0 Å². The second-order valence-corrected chi connectivity index (χ2v) is 10.3. The Morgan fingerprint density at radius 2 is 1.66 bits per heavy atom. The highest BCUT2D eigenvalue weighted by atomic mass is 35.5. The fourth-order valence-corrected chi connectivity index (χ4v) is 5.37. The third kappa shape index (κ3) is 5.63. The molecule has 29 heavy (non-hydrogen) atoms. The quantitative estimate of drug-likeness (QED) is 0.705. The standard InChI is InChI=1S/C20H30ClN3O4S/c1-12(2)16-10-15(21)11-17(13(3)4)19(16)22-20(26)23-29(27,28)18-8-6-7-9-24(18)14(5)25/h10-13,18H,6-9H2,1-5H3,(H2,22,23,26). The van der Waals surface area contributed by atoms with Crippen molar-refractivity contribution < 1.29 is 18.0 Å². The van der Waals surface area contributed by atoms with E-state index in [4.69, 9.17) is 11.6 Å². The van der Waals surface area contributed by atoms with E-state index in [1.54, 1.807) is 12.1 Å². The molecule has 1 aromatic carbocycles. The predicted molar refractivity (Wildman–Crippen MR) is 116 cm³/mol. The van der Waals surface area contributed by atoms with Crippen LogP contribution in [-0.4, -0.2) is 37.2 Å². The Bertz CT molecular complexity index is 855. The minimum atomic E-state index is -4.05. The van der Waals surface area contributed by atoms with Crippen molar-refractivity contribution in [3.05, 3.63) is 28.3 Å². The molecule has 1 fully saturated rings. The first-order valence-electron chi connectivity index (χ1n) is 9.87. The summed E-state index contributed by atoms with van der Waals surface area (Å²) in [7, 11) is -4.05. The largest absolute Gasteiger partial charge is 0.332 e. The van der Waals surface area contributed by atoms with Gasteiger partial charge in [-0.05, 0) is 54.4 Å². The van der Waals surface area contributed by atoms with Crippen LogP contribution in [0, 0.1) is 0 Å². The number of piperidine rings is 1. The average Bonchev–Trinajstić information content (AvgIpc) is 2.61. The number of carbonyl (C=O) groups is 2. The molecule has 0 spiro atoms. The molecule has 7 nitrogen and oxygen atoms in total. The molecule has 1 aliphatic rings. The number of benzene rings is 1. The summed E-state index contributed by atoms with van der Waals surface area (Å²) < 4.78 is 27.7. The maximum absolute atomic E-state index is 12.8. The topological polar surface area (TPSA) is 95.6 Å². The van der Waals surface area contributed by atoms with Gasteiger partial charge in [-0.1, -0.05) is 39.3 Å². The smallest absolute Gasteiger partial charge is 0.324 e. The normalized spacial score (nSPS) is 17.5. The summed E-state index contributed by atoms with van der Waals surface area (Å²) in [6.45, 7) is 9.61. The first-order chi connectivity index (χ1) is 13.4. The number of likely N-dealkylation sites (tertiary alicyclic amines) is 1. The average molecular weight is 444 g/mol. The molecule has 3 amide bonds. The van der Waals surface area contributed by atoms with Gasteiger partial charge in [-0.25, -0.2) is 17.9 Å². The molecule has 9 heteroatoms. The molecule has 0 saturated carbocycles. The maximum Gasteiger partial charge on any atom is 0.332 e. The van der Waals surface area contributed by atoms with E-state index in [-0.39, 0.29) is 17.7 Å². The molecule has 1 aromatic rings. The first-order valence-corrected chi connectivity index (χ1v) is 11.8. The van der Waals surface area contributed by atoms with Gasteiger partial charge in [-0.15, -0.1) is 0 Å². The van der Waals surface area contributed by atoms with Crippen LogP contribution in [0.25, 0.3) is 0 Å². The van der Waals surface area contributed by atoms with Crippen molar-refractivity contribution >= 4 is 39.2 Å². The van der Waals surface area contributed by atoms with Crippen molar-refractivity contribution in [3.63, 3.8) is 0 Å². The second kappa shape index (κ2) is 9.34. The van der Waals surface area contributed by atoms with Crippen molar-refractivity contribution in [2.45, 2.75) is 71.1 Å². The molecule has 2 N–H and O–H groups in total. The third-order valence-corrected chi connectivity index (χ3v) is 6.99. The summed E-state index contributed by atoms with van der Waals surface area (Å²) in [4.78, 5) is 25.8. The van der Waals surface area contributed by atoms with Gasteiger partial charge in [-0.3, -0.25) is 4.79 Å². The lowest BCUT2D eigenvalue weighted by Gasteiger charge is -2.34. The predicted octanol–water partition coefficient (Wildman–Crippen LogP) is 4.40. The van der Waals surface area contributed by atoms with Crippen LogP contribution in [0.2, 0.25) is 5.02 Å². The van der Waals surface area contributed by atoms with Gasteiger partial charge in [-0.2, -0.15) is 0 Å². The Morgan fingerprint density at radius 1 is 1.10 bits per heavy atom. The zero-order valence-electron chi connectivity index (χ0n) is 17.6. The number of sulfonamides is 1. The van der Waals surface area contributed by atoms with Gasteiger partial charge >= 0.3 is 6.03 Å². The number of urea groups is 1. The number of nitrogens with zero attached hydrogens (tertiary/aromatic N) is 1. The first kappa shape index (κ1) is 23.5.